The predicted octanol–water partition coefficient (Wildman–Crippen LogP) is 0.878. The molecule has 1 heterocycles. The zero-order valence-electron chi connectivity index (χ0n) is 8.40. The predicted molar refractivity (Wildman–Crippen MR) is 56.0 cm³/mol. The van der Waals surface area contributed by atoms with Crippen LogP contribution in [0.4, 0.5) is 0 Å². The summed E-state index contributed by atoms with van der Waals surface area (Å²) < 4.78 is 4.92. The van der Waals surface area contributed by atoms with Crippen molar-refractivity contribution in [2.24, 2.45) is 0 Å². The standard InChI is InChI=1S/C11H11N3O/c1-3-6-13-10(7-12)9-4-5-11(15-2)14-8-9/h1,4-5,8,10,13H,6H2,2H3. The fourth-order valence-electron chi connectivity index (χ4n) is 1.08. The van der Waals surface area contributed by atoms with Crippen LogP contribution in [-0.4, -0.2) is 18.6 Å². The molecule has 0 aliphatic carbocycles. The molecule has 1 aromatic heterocycles. The number of nitrogens with zero attached hydrogens (tertiary/aromatic N) is 2. The number of ether oxygens (including phenoxy) is 1. The summed E-state index contributed by atoms with van der Waals surface area (Å²) in [6.45, 7) is 0.351. The van der Waals surface area contributed by atoms with Crippen molar-refractivity contribution in [2.75, 3.05) is 13.7 Å². The second-order valence-electron chi connectivity index (χ2n) is 2.78. The average Bonchev–Trinajstić information content (AvgIpc) is 2.31. The summed E-state index contributed by atoms with van der Waals surface area (Å²) in [5, 5.41) is 11.8. The number of nitriles is 1. The van der Waals surface area contributed by atoms with Crippen molar-refractivity contribution in [3.8, 4) is 24.3 Å². The number of aromatic nitrogens is 1. The van der Waals surface area contributed by atoms with Crippen LogP contribution in [0, 0.1) is 23.7 Å². The lowest BCUT2D eigenvalue weighted by Gasteiger charge is -2.09. The van der Waals surface area contributed by atoms with E-state index in [4.69, 9.17) is 16.4 Å². The smallest absolute Gasteiger partial charge is 0.212 e. The van der Waals surface area contributed by atoms with Gasteiger partial charge in [-0.1, -0.05) is 5.92 Å². The Morgan fingerprint density at radius 3 is 2.93 bits per heavy atom. The molecule has 0 aliphatic heterocycles. The number of nitrogens with one attached hydrogen (secondary N) is 1. The van der Waals surface area contributed by atoms with Crippen molar-refractivity contribution < 1.29 is 4.74 Å². The molecular weight excluding hydrogens is 190 g/mol. The van der Waals surface area contributed by atoms with Crippen LogP contribution < -0.4 is 10.1 Å². The molecule has 0 aromatic carbocycles. The third-order valence-corrected chi connectivity index (χ3v) is 1.84. The van der Waals surface area contributed by atoms with Crippen molar-refractivity contribution in [1.29, 1.82) is 5.26 Å². The van der Waals surface area contributed by atoms with E-state index in [0.717, 1.165) is 5.56 Å². The summed E-state index contributed by atoms with van der Waals surface area (Å²) in [6.07, 6.45) is 6.69. The summed E-state index contributed by atoms with van der Waals surface area (Å²) in [7, 11) is 1.54. The van der Waals surface area contributed by atoms with Gasteiger partial charge in [0, 0.05) is 17.8 Å². The minimum atomic E-state index is -0.431. The van der Waals surface area contributed by atoms with Gasteiger partial charge in [-0.2, -0.15) is 5.26 Å². The van der Waals surface area contributed by atoms with Gasteiger partial charge < -0.3 is 4.74 Å². The maximum Gasteiger partial charge on any atom is 0.212 e. The van der Waals surface area contributed by atoms with Gasteiger partial charge >= 0.3 is 0 Å². The molecule has 4 heteroatoms. The summed E-state index contributed by atoms with van der Waals surface area (Å²) in [5.41, 5.74) is 0.772. The quantitative estimate of drug-likeness (QED) is 0.734. The first-order valence-electron chi connectivity index (χ1n) is 4.38. The zero-order chi connectivity index (χ0) is 11.1. The highest BCUT2D eigenvalue weighted by molar-refractivity contribution is 5.24. The highest BCUT2D eigenvalue weighted by atomic mass is 16.5. The van der Waals surface area contributed by atoms with Gasteiger partial charge in [-0.05, 0) is 6.07 Å². The maximum atomic E-state index is 8.89. The van der Waals surface area contributed by atoms with E-state index in [9.17, 15) is 0 Å². The second-order valence-corrected chi connectivity index (χ2v) is 2.78. The average molecular weight is 201 g/mol. The Balaban J connectivity index is 2.76. The van der Waals surface area contributed by atoms with Crippen LogP contribution in [0.25, 0.3) is 0 Å². The van der Waals surface area contributed by atoms with E-state index < -0.39 is 6.04 Å². The highest BCUT2D eigenvalue weighted by Gasteiger charge is 2.09. The summed E-state index contributed by atoms with van der Waals surface area (Å²) >= 11 is 0. The second kappa shape index (κ2) is 5.64. The lowest BCUT2D eigenvalue weighted by atomic mass is 10.1. The number of rotatable bonds is 4. The lowest BCUT2D eigenvalue weighted by Crippen LogP contribution is -2.20. The molecule has 0 bridgehead atoms. The first-order valence-corrected chi connectivity index (χ1v) is 4.38. The molecule has 0 amide bonds. The number of pyridine rings is 1. The summed E-state index contributed by atoms with van der Waals surface area (Å²) in [4.78, 5) is 4.01. The molecule has 1 unspecified atom stereocenters. The monoisotopic (exact) mass is 201 g/mol. The van der Waals surface area contributed by atoms with E-state index in [1.54, 1.807) is 25.4 Å². The molecule has 0 aliphatic rings. The third-order valence-electron chi connectivity index (χ3n) is 1.84. The van der Waals surface area contributed by atoms with E-state index in [1.165, 1.54) is 0 Å². The molecule has 1 atom stereocenters. The fraction of sp³-hybridized carbons (Fsp3) is 0.273. The number of terminal acetylenes is 1. The van der Waals surface area contributed by atoms with Gasteiger partial charge in [-0.25, -0.2) is 4.98 Å². The molecule has 1 rings (SSSR count). The Morgan fingerprint density at radius 2 is 2.47 bits per heavy atom. The molecule has 0 spiro atoms. The van der Waals surface area contributed by atoms with Crippen LogP contribution in [0.5, 0.6) is 5.88 Å². The van der Waals surface area contributed by atoms with Gasteiger partial charge in [-0.3, -0.25) is 5.32 Å². The van der Waals surface area contributed by atoms with Gasteiger partial charge in [0.25, 0.3) is 0 Å². The van der Waals surface area contributed by atoms with Gasteiger partial charge in [0.05, 0.1) is 19.7 Å². The Morgan fingerprint density at radius 1 is 1.67 bits per heavy atom. The molecule has 0 saturated carbocycles. The fourth-order valence-corrected chi connectivity index (χ4v) is 1.08. The topological polar surface area (TPSA) is 57.9 Å². The van der Waals surface area contributed by atoms with Crippen molar-refractivity contribution in [3.05, 3.63) is 23.9 Å². The molecule has 4 nitrogen and oxygen atoms in total. The molecule has 15 heavy (non-hydrogen) atoms. The van der Waals surface area contributed by atoms with Gasteiger partial charge in [0.1, 0.15) is 6.04 Å². The van der Waals surface area contributed by atoms with Gasteiger partial charge in [0.15, 0.2) is 0 Å². The molecule has 76 valence electrons. The van der Waals surface area contributed by atoms with Crippen LogP contribution in [0.3, 0.4) is 0 Å². The number of methoxy groups -OCH3 is 1. The first-order chi connectivity index (χ1) is 7.31. The maximum absolute atomic E-state index is 8.89. The van der Waals surface area contributed by atoms with E-state index in [0.29, 0.717) is 12.4 Å². The Hall–Kier alpha value is -2.04. The lowest BCUT2D eigenvalue weighted by molar-refractivity contribution is 0.397. The number of hydrogen-bond donors (Lipinski definition) is 1. The highest BCUT2D eigenvalue weighted by Crippen LogP contribution is 2.13. The Bertz CT molecular complexity index is 386. The van der Waals surface area contributed by atoms with E-state index in [2.05, 4.69) is 22.3 Å². The van der Waals surface area contributed by atoms with Crippen molar-refractivity contribution >= 4 is 0 Å². The Kier molecular flexibility index (Phi) is 4.15. The van der Waals surface area contributed by atoms with Crippen LogP contribution in [-0.2, 0) is 0 Å². The van der Waals surface area contributed by atoms with E-state index in [1.807, 2.05) is 0 Å². The summed E-state index contributed by atoms with van der Waals surface area (Å²) in [5.74, 6) is 2.94. The van der Waals surface area contributed by atoms with Crippen LogP contribution >= 0.6 is 0 Å². The van der Waals surface area contributed by atoms with Crippen LogP contribution in [0.1, 0.15) is 11.6 Å². The molecule has 1 aromatic rings. The van der Waals surface area contributed by atoms with Crippen LogP contribution in [0.2, 0.25) is 0 Å². The number of hydrogen-bond acceptors (Lipinski definition) is 4. The zero-order valence-corrected chi connectivity index (χ0v) is 8.40. The van der Waals surface area contributed by atoms with E-state index in [-0.39, 0.29) is 0 Å². The third kappa shape index (κ3) is 2.98. The molecule has 0 radical (unpaired) electrons. The van der Waals surface area contributed by atoms with Crippen LogP contribution in [0.15, 0.2) is 18.3 Å². The molecule has 0 saturated heterocycles. The minimum Gasteiger partial charge on any atom is -0.481 e. The minimum absolute atomic E-state index is 0.351. The molecular formula is C11H11N3O. The van der Waals surface area contributed by atoms with Gasteiger partial charge in [-0.15, -0.1) is 6.42 Å². The SMILES string of the molecule is C#CCNC(C#N)c1ccc(OC)nc1. The normalized spacial score (nSPS) is 11.1. The summed E-state index contributed by atoms with van der Waals surface area (Å²) in [6, 6.07) is 5.16. The van der Waals surface area contributed by atoms with E-state index >= 15 is 0 Å². The Labute approximate surface area is 88.9 Å². The molecule has 1 N–H and O–H groups in total. The van der Waals surface area contributed by atoms with Crippen molar-refractivity contribution in [1.82, 2.24) is 10.3 Å². The largest absolute Gasteiger partial charge is 0.481 e. The molecule has 0 fully saturated rings. The van der Waals surface area contributed by atoms with Crippen molar-refractivity contribution in [3.63, 3.8) is 0 Å². The van der Waals surface area contributed by atoms with Crippen molar-refractivity contribution in [2.45, 2.75) is 6.04 Å². The van der Waals surface area contributed by atoms with Gasteiger partial charge in [0.2, 0.25) is 5.88 Å². The first kappa shape index (κ1) is 11.0.